The van der Waals surface area contributed by atoms with Gasteiger partial charge in [-0.3, -0.25) is 0 Å². The van der Waals surface area contributed by atoms with E-state index in [2.05, 4.69) is 29.8 Å². The molecule has 0 saturated carbocycles. The van der Waals surface area contributed by atoms with Crippen LogP contribution in [0.2, 0.25) is 0 Å². The molecule has 0 unspecified atom stereocenters. The van der Waals surface area contributed by atoms with Crippen LogP contribution in [0.5, 0.6) is 0 Å². The molecule has 0 aliphatic rings. The van der Waals surface area contributed by atoms with E-state index in [-0.39, 0.29) is 0 Å². The first-order valence-electron chi connectivity index (χ1n) is 3.72. The van der Waals surface area contributed by atoms with Crippen molar-refractivity contribution in [2.75, 3.05) is 6.54 Å². The van der Waals surface area contributed by atoms with E-state index < -0.39 is 0 Å². The minimum atomic E-state index is 0.740. The van der Waals surface area contributed by atoms with Crippen LogP contribution in [0.15, 0.2) is 18.3 Å². The predicted molar refractivity (Wildman–Crippen MR) is 42.9 cm³/mol. The molecule has 1 aromatic heterocycles. The Bertz CT molecular complexity index is 191. The van der Waals surface area contributed by atoms with Gasteiger partial charge in [-0.15, -0.1) is 0 Å². The lowest BCUT2D eigenvalue weighted by molar-refractivity contribution is 0.710. The highest BCUT2D eigenvalue weighted by atomic mass is 15.0. The van der Waals surface area contributed by atoms with Crippen LogP contribution in [0.25, 0.3) is 0 Å². The average Bonchev–Trinajstić information content (AvgIpc) is 2.36. The number of nitrogens with two attached hydrogens (primary N) is 1. The summed E-state index contributed by atoms with van der Waals surface area (Å²) in [4.78, 5) is 0. The Balaban J connectivity index is 2.70. The van der Waals surface area contributed by atoms with Crippen molar-refractivity contribution in [3.8, 4) is 0 Å². The molecular formula is C8H14N2. The Morgan fingerprint density at radius 2 is 2.40 bits per heavy atom. The molecule has 0 aliphatic carbocycles. The Hall–Kier alpha value is -0.760. The van der Waals surface area contributed by atoms with Gasteiger partial charge in [0.25, 0.3) is 0 Å². The van der Waals surface area contributed by atoms with Crippen molar-refractivity contribution in [2.45, 2.75) is 19.9 Å². The summed E-state index contributed by atoms with van der Waals surface area (Å²) in [5.41, 5.74) is 6.77. The summed E-state index contributed by atoms with van der Waals surface area (Å²) in [6, 6.07) is 4.19. The number of aromatic nitrogens is 1. The molecule has 0 fully saturated rings. The largest absolute Gasteiger partial charge is 0.352 e. The Kier molecular flexibility index (Phi) is 2.51. The quantitative estimate of drug-likeness (QED) is 0.664. The minimum Gasteiger partial charge on any atom is -0.352 e. The summed E-state index contributed by atoms with van der Waals surface area (Å²) < 4.78 is 2.22. The Morgan fingerprint density at radius 3 is 3.00 bits per heavy atom. The van der Waals surface area contributed by atoms with E-state index in [0.717, 1.165) is 19.5 Å². The van der Waals surface area contributed by atoms with Crippen molar-refractivity contribution < 1.29 is 0 Å². The van der Waals surface area contributed by atoms with Gasteiger partial charge in [-0.1, -0.05) is 0 Å². The summed E-state index contributed by atoms with van der Waals surface area (Å²) in [5.74, 6) is 0. The number of hydrogen-bond acceptors (Lipinski definition) is 1. The smallest absolute Gasteiger partial charge is 0.0193 e. The zero-order valence-corrected chi connectivity index (χ0v) is 6.38. The highest BCUT2D eigenvalue weighted by molar-refractivity contribution is 5.07. The molecular weight excluding hydrogens is 124 g/mol. The fourth-order valence-electron chi connectivity index (χ4n) is 1.13. The van der Waals surface area contributed by atoms with Gasteiger partial charge in [0, 0.05) is 18.4 Å². The second-order valence-electron chi connectivity index (χ2n) is 2.32. The predicted octanol–water partition coefficient (Wildman–Crippen LogP) is 1.01. The van der Waals surface area contributed by atoms with Crippen molar-refractivity contribution >= 4 is 0 Å². The molecule has 0 aromatic carbocycles. The summed E-state index contributed by atoms with van der Waals surface area (Å²) in [6.07, 6.45) is 3.08. The van der Waals surface area contributed by atoms with Gasteiger partial charge in [0.05, 0.1) is 0 Å². The van der Waals surface area contributed by atoms with E-state index in [1.165, 1.54) is 5.69 Å². The molecule has 2 nitrogen and oxygen atoms in total. The molecule has 2 heteroatoms. The number of rotatable bonds is 3. The van der Waals surface area contributed by atoms with Crippen LogP contribution in [-0.4, -0.2) is 11.1 Å². The van der Waals surface area contributed by atoms with Crippen LogP contribution >= 0.6 is 0 Å². The van der Waals surface area contributed by atoms with E-state index in [4.69, 9.17) is 5.73 Å². The molecule has 0 atom stereocenters. The molecule has 0 bridgehead atoms. The van der Waals surface area contributed by atoms with Crippen molar-refractivity contribution in [3.63, 3.8) is 0 Å². The summed E-state index contributed by atoms with van der Waals surface area (Å²) >= 11 is 0. The van der Waals surface area contributed by atoms with Gasteiger partial charge in [-0.2, -0.15) is 0 Å². The van der Waals surface area contributed by atoms with Gasteiger partial charge in [0.15, 0.2) is 0 Å². The van der Waals surface area contributed by atoms with Gasteiger partial charge in [0.2, 0.25) is 0 Å². The third-order valence-corrected chi connectivity index (χ3v) is 1.66. The zero-order valence-electron chi connectivity index (χ0n) is 6.38. The van der Waals surface area contributed by atoms with Crippen molar-refractivity contribution in [1.29, 1.82) is 0 Å². The molecule has 0 spiro atoms. The highest BCUT2D eigenvalue weighted by Gasteiger charge is 1.95. The second-order valence-corrected chi connectivity index (χ2v) is 2.32. The molecule has 1 heterocycles. The fourth-order valence-corrected chi connectivity index (χ4v) is 1.13. The first-order chi connectivity index (χ1) is 4.88. The molecule has 2 N–H and O–H groups in total. The van der Waals surface area contributed by atoms with Gasteiger partial charge >= 0.3 is 0 Å². The molecule has 0 amide bonds. The number of nitrogens with zero attached hydrogens (tertiary/aromatic N) is 1. The average molecular weight is 138 g/mol. The van der Waals surface area contributed by atoms with Crippen molar-refractivity contribution in [3.05, 3.63) is 24.0 Å². The SMILES string of the molecule is CCn1cccc1CCN. The number of aryl methyl sites for hydroxylation is 1. The van der Waals surface area contributed by atoms with E-state index >= 15 is 0 Å². The summed E-state index contributed by atoms with van der Waals surface area (Å²) in [5, 5.41) is 0. The molecule has 0 aliphatic heterocycles. The van der Waals surface area contributed by atoms with E-state index in [0.29, 0.717) is 0 Å². The molecule has 1 aromatic rings. The van der Waals surface area contributed by atoms with Gasteiger partial charge < -0.3 is 10.3 Å². The normalized spacial score (nSPS) is 10.2. The van der Waals surface area contributed by atoms with Gasteiger partial charge in [0.1, 0.15) is 0 Å². The molecule has 0 radical (unpaired) electrons. The Morgan fingerprint density at radius 1 is 1.60 bits per heavy atom. The van der Waals surface area contributed by atoms with Crippen LogP contribution in [0.3, 0.4) is 0 Å². The molecule has 10 heavy (non-hydrogen) atoms. The Labute approximate surface area is 61.7 Å². The fraction of sp³-hybridized carbons (Fsp3) is 0.500. The molecule has 0 saturated heterocycles. The van der Waals surface area contributed by atoms with Gasteiger partial charge in [-0.25, -0.2) is 0 Å². The second kappa shape index (κ2) is 3.42. The van der Waals surface area contributed by atoms with Crippen LogP contribution in [0, 0.1) is 0 Å². The lowest BCUT2D eigenvalue weighted by atomic mass is 10.3. The standard InChI is InChI=1S/C8H14N2/c1-2-10-7-3-4-8(10)5-6-9/h3-4,7H,2,5-6,9H2,1H3. The van der Waals surface area contributed by atoms with Crippen molar-refractivity contribution in [2.24, 2.45) is 5.73 Å². The van der Waals surface area contributed by atoms with E-state index in [9.17, 15) is 0 Å². The van der Waals surface area contributed by atoms with Crippen LogP contribution in [0.4, 0.5) is 0 Å². The third-order valence-electron chi connectivity index (χ3n) is 1.66. The maximum Gasteiger partial charge on any atom is 0.0193 e. The van der Waals surface area contributed by atoms with Crippen LogP contribution < -0.4 is 5.73 Å². The van der Waals surface area contributed by atoms with Gasteiger partial charge in [-0.05, 0) is 32.0 Å². The molecule has 1 rings (SSSR count). The third kappa shape index (κ3) is 1.39. The maximum absolute atomic E-state index is 5.43. The number of hydrogen-bond donors (Lipinski definition) is 1. The minimum absolute atomic E-state index is 0.740. The lowest BCUT2D eigenvalue weighted by Gasteiger charge is -2.03. The van der Waals surface area contributed by atoms with Crippen molar-refractivity contribution in [1.82, 2.24) is 4.57 Å². The first kappa shape index (κ1) is 7.35. The molecule has 56 valence electrons. The zero-order chi connectivity index (χ0) is 7.40. The summed E-state index contributed by atoms with van der Waals surface area (Å²) in [7, 11) is 0. The van der Waals surface area contributed by atoms with E-state index in [1.54, 1.807) is 0 Å². The lowest BCUT2D eigenvalue weighted by Crippen LogP contribution is -2.07. The first-order valence-corrected chi connectivity index (χ1v) is 3.72. The van der Waals surface area contributed by atoms with E-state index in [1.807, 2.05) is 0 Å². The maximum atomic E-state index is 5.43. The van der Waals surface area contributed by atoms with Crippen LogP contribution in [-0.2, 0) is 13.0 Å². The highest BCUT2D eigenvalue weighted by Crippen LogP contribution is 2.01. The topological polar surface area (TPSA) is 30.9 Å². The summed E-state index contributed by atoms with van der Waals surface area (Å²) in [6.45, 7) is 3.92. The monoisotopic (exact) mass is 138 g/mol. The van der Waals surface area contributed by atoms with Crippen LogP contribution in [0.1, 0.15) is 12.6 Å².